The number of amides is 2. The van der Waals surface area contributed by atoms with Crippen LogP contribution in [-0.4, -0.2) is 54.8 Å². The van der Waals surface area contributed by atoms with Crippen LogP contribution >= 0.6 is 0 Å². The highest BCUT2D eigenvalue weighted by atomic mass is 19.4. The number of imidazole rings is 1. The molecule has 5 rings (SSSR count). The fourth-order valence-corrected chi connectivity index (χ4v) is 5.80. The van der Waals surface area contributed by atoms with E-state index in [9.17, 15) is 31.5 Å². The van der Waals surface area contributed by atoms with E-state index in [1.54, 1.807) is 25.3 Å². The molecule has 41 heavy (non-hydrogen) atoms. The van der Waals surface area contributed by atoms with Gasteiger partial charge >= 0.3 is 6.18 Å². The summed E-state index contributed by atoms with van der Waals surface area (Å²) in [6, 6.07) is 2.62. The molecule has 0 radical (unpaired) electrons. The number of rotatable bonds is 7. The molecule has 0 spiro atoms. The SMILES string of the molecule is CCn1nccc1C(=O)NC(c1cn2nc(CC3C[C@@H](C(F)(F)F)CNC3=O)c(C)cc2n1)C1CCC(F)(F)CC1. The van der Waals surface area contributed by atoms with Crippen LogP contribution in [0.25, 0.3) is 5.65 Å². The summed E-state index contributed by atoms with van der Waals surface area (Å²) in [6.07, 6.45) is -1.81. The first-order chi connectivity index (χ1) is 19.3. The number of halogens is 5. The van der Waals surface area contributed by atoms with Gasteiger partial charge in [0.15, 0.2) is 5.65 Å². The Labute approximate surface area is 232 Å². The van der Waals surface area contributed by atoms with Crippen molar-refractivity contribution in [2.45, 2.75) is 77.1 Å². The molecule has 0 bridgehead atoms. The van der Waals surface area contributed by atoms with Gasteiger partial charge in [-0.05, 0) is 56.7 Å². The third kappa shape index (κ3) is 6.20. The lowest BCUT2D eigenvalue weighted by atomic mass is 9.81. The number of fused-ring (bicyclic) bond motifs is 1. The second-order valence-corrected chi connectivity index (χ2v) is 11.0. The van der Waals surface area contributed by atoms with Crippen LogP contribution in [0.3, 0.4) is 0 Å². The third-order valence-corrected chi connectivity index (χ3v) is 8.21. The molecule has 9 nitrogen and oxygen atoms in total. The maximum atomic E-state index is 14.0. The molecule has 3 aromatic rings. The Morgan fingerprint density at radius 2 is 2.00 bits per heavy atom. The number of aryl methyl sites for hydroxylation is 2. The third-order valence-electron chi connectivity index (χ3n) is 8.21. The van der Waals surface area contributed by atoms with E-state index in [1.807, 2.05) is 6.92 Å². The lowest BCUT2D eigenvalue weighted by Gasteiger charge is -2.33. The minimum atomic E-state index is -4.41. The molecule has 1 aliphatic carbocycles. The number of nitrogens with one attached hydrogen (secondary N) is 2. The van der Waals surface area contributed by atoms with E-state index in [-0.39, 0.29) is 44.4 Å². The van der Waals surface area contributed by atoms with Gasteiger partial charge in [-0.25, -0.2) is 18.3 Å². The van der Waals surface area contributed by atoms with Crippen LogP contribution in [0.1, 0.15) is 72.5 Å². The van der Waals surface area contributed by atoms with E-state index < -0.39 is 48.3 Å². The summed E-state index contributed by atoms with van der Waals surface area (Å²) in [6.45, 7) is 3.62. The van der Waals surface area contributed by atoms with Gasteiger partial charge in [0.05, 0.1) is 29.5 Å². The summed E-state index contributed by atoms with van der Waals surface area (Å²) in [5, 5.41) is 14.0. The minimum absolute atomic E-state index is 0.0204. The van der Waals surface area contributed by atoms with Gasteiger partial charge in [-0.15, -0.1) is 0 Å². The highest BCUT2D eigenvalue weighted by Crippen LogP contribution is 2.41. The van der Waals surface area contributed by atoms with Crippen LogP contribution in [0.15, 0.2) is 24.5 Å². The molecule has 3 aromatic heterocycles. The Bertz CT molecular complexity index is 1420. The molecule has 14 heteroatoms. The van der Waals surface area contributed by atoms with E-state index in [2.05, 4.69) is 25.8 Å². The van der Waals surface area contributed by atoms with Crippen molar-refractivity contribution >= 4 is 17.5 Å². The van der Waals surface area contributed by atoms with E-state index in [0.717, 1.165) is 0 Å². The molecule has 2 fully saturated rings. The van der Waals surface area contributed by atoms with Crippen LogP contribution in [0.4, 0.5) is 22.0 Å². The molecule has 4 heterocycles. The summed E-state index contributed by atoms with van der Waals surface area (Å²) in [5.41, 5.74) is 2.31. The van der Waals surface area contributed by atoms with Gasteiger partial charge in [0.2, 0.25) is 11.8 Å². The second kappa shape index (κ2) is 11.0. The predicted molar refractivity (Wildman–Crippen MR) is 137 cm³/mol. The smallest absolute Gasteiger partial charge is 0.355 e. The van der Waals surface area contributed by atoms with Crippen molar-refractivity contribution in [2.24, 2.45) is 17.8 Å². The van der Waals surface area contributed by atoms with Crippen LogP contribution in [-0.2, 0) is 17.8 Å². The summed E-state index contributed by atoms with van der Waals surface area (Å²) >= 11 is 0. The molecule has 3 atom stereocenters. The molecule has 2 aliphatic rings. The normalized spacial score (nSPS) is 22.5. The zero-order valence-electron chi connectivity index (χ0n) is 22.7. The van der Waals surface area contributed by atoms with E-state index >= 15 is 0 Å². The number of hydrogen-bond donors (Lipinski definition) is 2. The first-order valence-electron chi connectivity index (χ1n) is 13.8. The summed E-state index contributed by atoms with van der Waals surface area (Å²) in [5.74, 6) is -6.41. The van der Waals surface area contributed by atoms with E-state index in [1.165, 1.54) is 15.4 Å². The lowest BCUT2D eigenvalue weighted by Crippen LogP contribution is -2.47. The van der Waals surface area contributed by atoms with Crippen molar-refractivity contribution in [3.05, 3.63) is 47.2 Å². The van der Waals surface area contributed by atoms with Crippen molar-refractivity contribution in [3.8, 4) is 0 Å². The first kappa shape index (κ1) is 28.9. The van der Waals surface area contributed by atoms with Crippen molar-refractivity contribution in [3.63, 3.8) is 0 Å². The van der Waals surface area contributed by atoms with Crippen molar-refractivity contribution in [1.29, 1.82) is 0 Å². The molecule has 2 unspecified atom stereocenters. The lowest BCUT2D eigenvalue weighted by molar-refractivity contribution is -0.183. The second-order valence-electron chi connectivity index (χ2n) is 11.0. The maximum absolute atomic E-state index is 14.0. The van der Waals surface area contributed by atoms with E-state index in [0.29, 0.717) is 34.8 Å². The molecule has 222 valence electrons. The summed E-state index contributed by atoms with van der Waals surface area (Å²) in [7, 11) is 0. The average molecular weight is 582 g/mol. The molecular formula is C27H32F5N7O2. The average Bonchev–Trinajstić information content (AvgIpc) is 3.55. The first-order valence-corrected chi connectivity index (χ1v) is 13.8. The molecule has 0 aromatic carbocycles. The number of carbonyl (C=O) groups is 2. The fourth-order valence-electron chi connectivity index (χ4n) is 5.80. The monoisotopic (exact) mass is 581 g/mol. The van der Waals surface area contributed by atoms with Crippen LogP contribution < -0.4 is 10.6 Å². The number of piperidine rings is 1. The topological polar surface area (TPSA) is 106 Å². The van der Waals surface area contributed by atoms with Crippen molar-refractivity contribution < 1.29 is 31.5 Å². The minimum Gasteiger partial charge on any atom is -0.355 e. The zero-order chi connectivity index (χ0) is 29.5. The Hall–Kier alpha value is -3.58. The Morgan fingerprint density at radius 1 is 1.27 bits per heavy atom. The highest BCUT2D eigenvalue weighted by Gasteiger charge is 2.45. The van der Waals surface area contributed by atoms with Crippen LogP contribution in [0.2, 0.25) is 0 Å². The Kier molecular flexibility index (Phi) is 7.77. The number of carbonyl (C=O) groups excluding carboxylic acids is 2. The predicted octanol–water partition coefficient (Wildman–Crippen LogP) is 4.41. The van der Waals surface area contributed by atoms with Gasteiger partial charge in [-0.2, -0.15) is 23.4 Å². The molecule has 1 saturated heterocycles. The van der Waals surface area contributed by atoms with Gasteiger partial charge in [0, 0.05) is 44.5 Å². The zero-order valence-corrected chi connectivity index (χ0v) is 22.7. The number of aromatic nitrogens is 5. The summed E-state index contributed by atoms with van der Waals surface area (Å²) < 4.78 is 70.9. The summed E-state index contributed by atoms with van der Waals surface area (Å²) in [4.78, 5) is 30.3. The quantitative estimate of drug-likeness (QED) is 0.403. The number of alkyl halides is 5. The van der Waals surface area contributed by atoms with Gasteiger partial charge in [0.1, 0.15) is 5.69 Å². The van der Waals surface area contributed by atoms with Crippen molar-refractivity contribution in [1.82, 2.24) is 35.0 Å². The van der Waals surface area contributed by atoms with Crippen molar-refractivity contribution in [2.75, 3.05) is 6.54 Å². The maximum Gasteiger partial charge on any atom is 0.393 e. The van der Waals surface area contributed by atoms with Gasteiger partial charge in [0.25, 0.3) is 5.91 Å². The standard InChI is InChI=1S/C27H32F5N7O2/c1-3-38-21(6-9-34-38)25(41)36-23(16-4-7-26(28,29)8-5-16)20-14-39-22(35-20)10-15(2)19(37-39)12-17-11-18(27(30,31)32)13-33-24(17)40/h6,9-10,14,16-18,23H,3-5,7-8,11-13H2,1-2H3,(H,33,40)(H,36,41)/t17?,18-,23?/m1/s1. The number of nitrogens with zero attached hydrogens (tertiary/aromatic N) is 5. The van der Waals surface area contributed by atoms with E-state index in [4.69, 9.17) is 0 Å². The molecule has 1 aliphatic heterocycles. The molecule has 1 saturated carbocycles. The van der Waals surface area contributed by atoms with Crippen LogP contribution in [0.5, 0.6) is 0 Å². The Balaban J connectivity index is 1.43. The number of hydrogen-bond acceptors (Lipinski definition) is 5. The Morgan fingerprint density at radius 3 is 2.68 bits per heavy atom. The van der Waals surface area contributed by atoms with Gasteiger partial charge in [-0.1, -0.05) is 0 Å². The van der Waals surface area contributed by atoms with Crippen LogP contribution in [0, 0.1) is 24.7 Å². The fraction of sp³-hybridized carbons (Fsp3) is 0.593. The van der Waals surface area contributed by atoms with Gasteiger partial charge in [-0.3, -0.25) is 14.3 Å². The molecule has 2 amide bonds. The molecular weight excluding hydrogens is 549 g/mol. The largest absolute Gasteiger partial charge is 0.393 e. The molecule has 2 N–H and O–H groups in total. The van der Waals surface area contributed by atoms with Gasteiger partial charge < -0.3 is 10.6 Å². The highest BCUT2D eigenvalue weighted by molar-refractivity contribution is 5.92.